The summed E-state index contributed by atoms with van der Waals surface area (Å²) in [5, 5.41) is 3.29. The lowest BCUT2D eigenvalue weighted by molar-refractivity contribution is -0.130. The minimum atomic E-state index is -0.555. The fourth-order valence-electron chi connectivity index (χ4n) is 7.37. The maximum Gasteiger partial charge on any atom is 0.220 e. The zero-order valence-corrected chi connectivity index (χ0v) is 17.7. The van der Waals surface area contributed by atoms with Crippen LogP contribution in [0.4, 0.5) is 8.78 Å². The first kappa shape index (κ1) is 20.4. The average molecular weight is 418 g/mol. The highest BCUT2D eigenvalue weighted by molar-refractivity contribution is 5.77. The molecule has 0 aliphatic heterocycles. The molecule has 0 heterocycles. The molecule has 5 saturated carbocycles. The van der Waals surface area contributed by atoms with Crippen molar-refractivity contribution >= 4 is 5.91 Å². The van der Waals surface area contributed by atoms with Gasteiger partial charge in [0.15, 0.2) is 0 Å². The van der Waals surface area contributed by atoms with E-state index in [1.54, 1.807) is 0 Å². The Hall–Kier alpha value is -1.49. The highest BCUT2D eigenvalue weighted by Crippen LogP contribution is 2.61. The molecule has 0 spiro atoms. The summed E-state index contributed by atoms with van der Waals surface area (Å²) in [7, 11) is 0. The number of nitrogens with one attached hydrogen (secondary N) is 1. The average Bonchev–Trinajstić information content (AvgIpc) is 2.67. The molecule has 0 radical (unpaired) electrons. The number of amides is 1. The largest absolute Gasteiger partial charge is 0.373 e. The SMILES string of the molecule is O=C(CC12CC3CC(CC(C3)C1)C2)NC1CCC(OCc2c(F)cccc2F)CC1. The molecule has 1 amide bonds. The number of halogens is 2. The van der Waals surface area contributed by atoms with Crippen LogP contribution in [0.5, 0.6) is 0 Å². The molecule has 5 heteroatoms. The summed E-state index contributed by atoms with van der Waals surface area (Å²) in [5.41, 5.74) is 0.284. The number of carbonyl (C=O) groups is 1. The maximum absolute atomic E-state index is 13.8. The van der Waals surface area contributed by atoms with E-state index in [9.17, 15) is 13.6 Å². The van der Waals surface area contributed by atoms with Gasteiger partial charge in [0.1, 0.15) is 11.6 Å². The van der Waals surface area contributed by atoms with Crippen molar-refractivity contribution in [2.24, 2.45) is 23.2 Å². The van der Waals surface area contributed by atoms with E-state index in [0.29, 0.717) is 6.42 Å². The Morgan fingerprint density at radius 1 is 0.967 bits per heavy atom. The predicted octanol–water partition coefficient (Wildman–Crippen LogP) is 5.52. The summed E-state index contributed by atoms with van der Waals surface area (Å²) in [5.74, 6) is 1.73. The van der Waals surface area contributed by atoms with E-state index in [-0.39, 0.29) is 35.6 Å². The quantitative estimate of drug-likeness (QED) is 0.662. The van der Waals surface area contributed by atoms with Gasteiger partial charge in [-0.3, -0.25) is 4.79 Å². The summed E-state index contributed by atoms with van der Waals surface area (Å²) < 4.78 is 33.3. The van der Waals surface area contributed by atoms with Crippen LogP contribution in [-0.4, -0.2) is 18.1 Å². The van der Waals surface area contributed by atoms with E-state index in [4.69, 9.17) is 4.74 Å². The Morgan fingerprint density at radius 2 is 1.53 bits per heavy atom. The van der Waals surface area contributed by atoms with Crippen LogP contribution in [0.25, 0.3) is 0 Å². The molecule has 0 atom stereocenters. The lowest BCUT2D eigenvalue weighted by Crippen LogP contribution is -2.49. The molecule has 3 nitrogen and oxygen atoms in total. The Kier molecular flexibility index (Phi) is 5.59. The molecular weight excluding hydrogens is 384 g/mol. The predicted molar refractivity (Wildman–Crippen MR) is 111 cm³/mol. The second-order valence-electron chi connectivity index (χ2n) is 10.6. The molecule has 1 aromatic rings. The van der Waals surface area contributed by atoms with Crippen LogP contribution in [0.3, 0.4) is 0 Å². The van der Waals surface area contributed by atoms with Crippen molar-refractivity contribution in [1.29, 1.82) is 0 Å². The van der Waals surface area contributed by atoms with Crippen molar-refractivity contribution < 1.29 is 18.3 Å². The second-order valence-corrected chi connectivity index (χ2v) is 10.6. The summed E-state index contributed by atoms with van der Waals surface area (Å²) >= 11 is 0. The van der Waals surface area contributed by atoms with Crippen LogP contribution in [-0.2, 0) is 16.1 Å². The van der Waals surface area contributed by atoms with Crippen LogP contribution in [0, 0.1) is 34.8 Å². The lowest BCUT2D eigenvalue weighted by Gasteiger charge is -2.56. The zero-order valence-electron chi connectivity index (χ0n) is 17.7. The van der Waals surface area contributed by atoms with Gasteiger partial charge in [-0.05, 0) is 99.5 Å². The summed E-state index contributed by atoms with van der Waals surface area (Å²) in [4.78, 5) is 12.8. The number of hydrogen-bond acceptors (Lipinski definition) is 2. The van der Waals surface area contributed by atoms with Gasteiger partial charge < -0.3 is 10.1 Å². The topological polar surface area (TPSA) is 38.3 Å². The van der Waals surface area contributed by atoms with Crippen molar-refractivity contribution in [2.45, 2.75) is 89.4 Å². The molecule has 5 aliphatic rings. The monoisotopic (exact) mass is 417 g/mol. The van der Waals surface area contributed by atoms with Crippen molar-refractivity contribution in [2.75, 3.05) is 0 Å². The molecule has 5 aliphatic carbocycles. The van der Waals surface area contributed by atoms with Gasteiger partial charge in [0.05, 0.1) is 12.7 Å². The normalized spacial score (nSPS) is 37.3. The summed E-state index contributed by atoms with van der Waals surface area (Å²) in [6, 6.07) is 4.10. The molecular formula is C25H33F2NO2. The van der Waals surface area contributed by atoms with Crippen LogP contribution in [0.1, 0.15) is 76.2 Å². The van der Waals surface area contributed by atoms with Crippen LogP contribution >= 0.6 is 0 Å². The number of carbonyl (C=O) groups excluding carboxylic acids is 1. The third-order valence-electron chi connectivity index (χ3n) is 8.27. The molecule has 30 heavy (non-hydrogen) atoms. The molecule has 0 unspecified atom stereocenters. The molecule has 1 aromatic carbocycles. The third-order valence-corrected chi connectivity index (χ3v) is 8.27. The first-order valence-corrected chi connectivity index (χ1v) is 11.8. The van der Waals surface area contributed by atoms with Gasteiger partial charge in [-0.15, -0.1) is 0 Å². The van der Waals surface area contributed by atoms with Crippen LogP contribution in [0.2, 0.25) is 0 Å². The minimum Gasteiger partial charge on any atom is -0.373 e. The lowest BCUT2D eigenvalue weighted by atomic mass is 9.49. The number of hydrogen-bond donors (Lipinski definition) is 1. The van der Waals surface area contributed by atoms with Crippen molar-refractivity contribution in [3.63, 3.8) is 0 Å². The number of benzene rings is 1. The second kappa shape index (κ2) is 8.22. The van der Waals surface area contributed by atoms with E-state index in [2.05, 4.69) is 5.32 Å². The molecule has 0 saturated heterocycles. The van der Waals surface area contributed by atoms with Crippen LogP contribution in [0.15, 0.2) is 18.2 Å². The molecule has 164 valence electrons. The zero-order chi connectivity index (χ0) is 20.7. The van der Waals surface area contributed by atoms with Gasteiger partial charge in [0.25, 0.3) is 0 Å². The van der Waals surface area contributed by atoms with Gasteiger partial charge in [-0.1, -0.05) is 6.07 Å². The Morgan fingerprint density at radius 3 is 2.10 bits per heavy atom. The summed E-state index contributed by atoms with van der Waals surface area (Å²) in [6.45, 7) is -0.0355. The van der Waals surface area contributed by atoms with E-state index in [1.165, 1.54) is 56.7 Å². The Labute approximate surface area is 177 Å². The first-order chi connectivity index (χ1) is 14.5. The Bertz CT molecular complexity index is 732. The maximum atomic E-state index is 13.8. The van der Waals surface area contributed by atoms with Crippen molar-refractivity contribution in [3.8, 4) is 0 Å². The van der Waals surface area contributed by atoms with Gasteiger partial charge >= 0.3 is 0 Å². The first-order valence-electron chi connectivity index (χ1n) is 11.8. The standard InChI is InChI=1S/C25H33F2NO2/c26-22-2-1-3-23(27)21(22)15-30-20-6-4-19(5-7-20)28-24(29)14-25-11-16-8-17(12-25)10-18(9-16)13-25/h1-3,16-20H,4-15H2,(H,28,29). The van der Waals surface area contributed by atoms with Crippen molar-refractivity contribution in [3.05, 3.63) is 35.4 Å². The van der Waals surface area contributed by atoms with Crippen LogP contribution < -0.4 is 5.32 Å². The highest BCUT2D eigenvalue weighted by Gasteiger charge is 2.51. The van der Waals surface area contributed by atoms with Gasteiger partial charge in [0, 0.05) is 18.0 Å². The van der Waals surface area contributed by atoms with Gasteiger partial charge in [0.2, 0.25) is 5.91 Å². The van der Waals surface area contributed by atoms with E-state index >= 15 is 0 Å². The Balaban J connectivity index is 1.07. The van der Waals surface area contributed by atoms with E-state index < -0.39 is 11.6 Å². The van der Waals surface area contributed by atoms with Crippen molar-refractivity contribution in [1.82, 2.24) is 5.32 Å². The molecule has 6 rings (SSSR count). The molecule has 1 N–H and O–H groups in total. The number of ether oxygens (including phenoxy) is 1. The van der Waals surface area contributed by atoms with Gasteiger partial charge in [-0.2, -0.15) is 0 Å². The van der Waals surface area contributed by atoms with Gasteiger partial charge in [-0.25, -0.2) is 8.78 Å². The van der Waals surface area contributed by atoms with E-state index in [1.807, 2.05) is 0 Å². The minimum absolute atomic E-state index is 0.000288. The van der Waals surface area contributed by atoms with E-state index in [0.717, 1.165) is 43.4 Å². The summed E-state index contributed by atoms with van der Waals surface area (Å²) in [6.07, 6.45) is 12.1. The molecule has 0 aromatic heterocycles. The fraction of sp³-hybridized carbons (Fsp3) is 0.720. The number of rotatable bonds is 6. The molecule has 4 bridgehead atoms. The molecule has 5 fully saturated rings. The third kappa shape index (κ3) is 4.28. The fourth-order valence-corrected chi connectivity index (χ4v) is 7.37. The smallest absolute Gasteiger partial charge is 0.220 e. The highest BCUT2D eigenvalue weighted by atomic mass is 19.1.